The van der Waals surface area contributed by atoms with Gasteiger partial charge in [-0.05, 0) is 44.7 Å². The van der Waals surface area contributed by atoms with E-state index in [2.05, 4.69) is 0 Å². The lowest BCUT2D eigenvalue weighted by atomic mass is 9.89. The van der Waals surface area contributed by atoms with Crippen LogP contribution >= 0.6 is 0 Å². The fraction of sp³-hybridized carbons (Fsp3) is 0.583. The molecule has 0 aliphatic rings. The molecule has 1 aromatic rings. The number of rotatable bonds is 11. The highest BCUT2D eigenvalue weighted by Gasteiger charge is 2.17. The van der Waals surface area contributed by atoms with Crippen LogP contribution in [0.3, 0.4) is 0 Å². The summed E-state index contributed by atoms with van der Waals surface area (Å²) in [5.41, 5.74) is -0.660. The molecule has 8 heteroatoms. The van der Waals surface area contributed by atoms with Crippen LogP contribution in [0.1, 0.15) is 48.0 Å². The van der Waals surface area contributed by atoms with Crippen LogP contribution < -0.4 is 9.47 Å². The molecule has 0 saturated carbocycles. The monoisotopic (exact) mass is 452 g/mol. The molecule has 2 N–H and O–H groups in total. The Morgan fingerprint density at radius 1 is 0.875 bits per heavy atom. The molecule has 0 bridgehead atoms. The molecule has 2 atom stereocenters. The first-order valence-electron chi connectivity index (χ1n) is 10.5. The molecule has 0 spiro atoms. The van der Waals surface area contributed by atoms with E-state index >= 15 is 0 Å². The molecular weight excluding hydrogens is 416 g/mol. The molecule has 0 aliphatic heterocycles. The number of ether oxygens (including phenoxy) is 4. The van der Waals surface area contributed by atoms with E-state index in [0.717, 1.165) is 12.2 Å². The predicted octanol–water partition coefficient (Wildman–Crippen LogP) is 3.04. The van der Waals surface area contributed by atoms with Crippen molar-refractivity contribution in [3.05, 3.63) is 36.4 Å². The van der Waals surface area contributed by atoms with Gasteiger partial charge in [-0.15, -0.1) is 0 Å². The molecule has 0 heterocycles. The minimum absolute atomic E-state index is 0.00114. The van der Waals surface area contributed by atoms with Crippen molar-refractivity contribution in [3.63, 3.8) is 0 Å². The van der Waals surface area contributed by atoms with Crippen molar-refractivity contribution < 1.29 is 38.7 Å². The predicted molar refractivity (Wildman–Crippen MR) is 119 cm³/mol. The maximum absolute atomic E-state index is 11.6. The van der Waals surface area contributed by atoms with Gasteiger partial charge in [0.1, 0.15) is 43.0 Å². The van der Waals surface area contributed by atoms with Crippen LogP contribution in [0.5, 0.6) is 11.5 Å². The number of carbonyl (C=O) groups excluding carboxylic acids is 2. The highest BCUT2D eigenvalue weighted by Crippen LogP contribution is 2.23. The average molecular weight is 453 g/mol. The minimum atomic E-state index is -1.06. The summed E-state index contributed by atoms with van der Waals surface area (Å²) in [6, 6.07) is 6.81. The van der Waals surface area contributed by atoms with Crippen LogP contribution in [-0.4, -0.2) is 59.8 Å². The van der Waals surface area contributed by atoms with Crippen LogP contribution in [0.25, 0.3) is 0 Å². The van der Waals surface area contributed by atoms with E-state index in [1.54, 1.807) is 45.0 Å². The second-order valence-corrected chi connectivity index (χ2v) is 9.67. The van der Waals surface area contributed by atoms with Gasteiger partial charge in [0.2, 0.25) is 0 Å². The van der Waals surface area contributed by atoms with Crippen LogP contribution in [0.15, 0.2) is 36.4 Å². The van der Waals surface area contributed by atoms with Crippen molar-refractivity contribution in [2.75, 3.05) is 19.8 Å². The number of hydrogen-bond acceptors (Lipinski definition) is 8. The zero-order chi connectivity index (χ0) is 24.4. The first-order chi connectivity index (χ1) is 14.7. The van der Waals surface area contributed by atoms with Gasteiger partial charge in [-0.2, -0.15) is 0 Å². The summed E-state index contributed by atoms with van der Waals surface area (Å²) in [4.78, 5) is 23.2. The number of esters is 2. The van der Waals surface area contributed by atoms with Gasteiger partial charge in [-0.25, -0.2) is 9.59 Å². The highest BCUT2D eigenvalue weighted by atomic mass is 16.6. The molecular formula is C24H36O8. The molecule has 0 fully saturated rings. The van der Waals surface area contributed by atoms with E-state index in [9.17, 15) is 19.8 Å². The first kappa shape index (κ1) is 27.5. The zero-order valence-corrected chi connectivity index (χ0v) is 19.8. The smallest absolute Gasteiger partial charge is 0.331 e. The summed E-state index contributed by atoms with van der Waals surface area (Å²) in [5, 5.41) is 20.0. The van der Waals surface area contributed by atoms with Gasteiger partial charge < -0.3 is 29.2 Å². The van der Waals surface area contributed by atoms with Gasteiger partial charge in [0.15, 0.2) is 0 Å². The van der Waals surface area contributed by atoms with E-state index in [0.29, 0.717) is 17.9 Å². The third-order valence-corrected chi connectivity index (χ3v) is 3.72. The number of carbonyl (C=O) groups is 2. The van der Waals surface area contributed by atoms with Gasteiger partial charge in [0.05, 0.1) is 6.10 Å². The molecule has 32 heavy (non-hydrogen) atoms. The molecule has 1 rings (SSSR count). The van der Waals surface area contributed by atoms with Gasteiger partial charge in [0, 0.05) is 18.2 Å². The Kier molecular flexibility index (Phi) is 10.7. The summed E-state index contributed by atoms with van der Waals surface area (Å²) in [7, 11) is 0. The third-order valence-electron chi connectivity index (χ3n) is 3.72. The lowest BCUT2D eigenvalue weighted by molar-refractivity contribution is -0.149. The van der Waals surface area contributed by atoms with Crippen molar-refractivity contribution in [2.24, 2.45) is 5.41 Å². The van der Waals surface area contributed by atoms with Crippen LogP contribution in [0.2, 0.25) is 0 Å². The first-order valence-corrected chi connectivity index (χ1v) is 10.5. The zero-order valence-electron chi connectivity index (χ0n) is 19.8. The minimum Gasteiger partial charge on any atom is -0.491 e. The SMILES string of the molecule is CC(C)(C)CC(O)COc1cccc(OCC(O)COC(=O)/C=C/C(=O)OC(C)(C)C)c1. The fourth-order valence-electron chi connectivity index (χ4n) is 2.55. The normalized spacial score (nSPS) is 14.0. The number of aliphatic hydroxyl groups is 2. The van der Waals surface area contributed by atoms with Crippen molar-refractivity contribution in [1.29, 1.82) is 0 Å². The molecule has 0 aliphatic carbocycles. The number of hydrogen-bond donors (Lipinski definition) is 2. The maximum atomic E-state index is 11.6. The maximum Gasteiger partial charge on any atom is 0.331 e. The highest BCUT2D eigenvalue weighted by molar-refractivity contribution is 5.91. The summed E-state index contributed by atoms with van der Waals surface area (Å²) < 4.78 is 21.0. The summed E-state index contributed by atoms with van der Waals surface area (Å²) in [6.45, 7) is 11.0. The number of benzene rings is 1. The van der Waals surface area contributed by atoms with E-state index < -0.39 is 29.7 Å². The largest absolute Gasteiger partial charge is 0.491 e. The lowest BCUT2D eigenvalue weighted by Crippen LogP contribution is -2.25. The molecule has 1 aromatic carbocycles. The quantitative estimate of drug-likeness (QED) is 0.389. The molecule has 0 saturated heterocycles. The lowest BCUT2D eigenvalue weighted by Gasteiger charge is -2.22. The van der Waals surface area contributed by atoms with Crippen molar-refractivity contribution in [3.8, 4) is 11.5 Å². The second-order valence-electron chi connectivity index (χ2n) is 9.67. The Bertz CT molecular complexity index is 758. The van der Waals surface area contributed by atoms with E-state index in [1.165, 1.54) is 0 Å². The van der Waals surface area contributed by atoms with Crippen LogP contribution in [0.4, 0.5) is 0 Å². The van der Waals surface area contributed by atoms with Crippen molar-refractivity contribution >= 4 is 11.9 Å². The Morgan fingerprint density at radius 3 is 1.94 bits per heavy atom. The Balaban J connectivity index is 2.38. The number of aliphatic hydroxyl groups excluding tert-OH is 2. The van der Waals surface area contributed by atoms with Gasteiger partial charge >= 0.3 is 11.9 Å². The summed E-state index contributed by atoms with van der Waals surface area (Å²) >= 11 is 0. The van der Waals surface area contributed by atoms with Crippen LogP contribution in [0, 0.1) is 5.41 Å². The Labute approximate surface area is 190 Å². The van der Waals surface area contributed by atoms with E-state index in [4.69, 9.17) is 18.9 Å². The topological polar surface area (TPSA) is 112 Å². The molecule has 8 nitrogen and oxygen atoms in total. The van der Waals surface area contributed by atoms with E-state index in [-0.39, 0.29) is 25.2 Å². The molecule has 0 aromatic heterocycles. The van der Waals surface area contributed by atoms with Gasteiger partial charge in [-0.3, -0.25) is 0 Å². The van der Waals surface area contributed by atoms with Crippen LogP contribution in [-0.2, 0) is 19.1 Å². The van der Waals surface area contributed by atoms with Gasteiger partial charge in [0.25, 0.3) is 0 Å². The van der Waals surface area contributed by atoms with Crippen molar-refractivity contribution in [1.82, 2.24) is 0 Å². The summed E-state index contributed by atoms with van der Waals surface area (Å²) in [6.07, 6.45) is 0.880. The molecule has 180 valence electrons. The average Bonchev–Trinajstić information content (AvgIpc) is 2.65. The Hall–Kier alpha value is -2.58. The van der Waals surface area contributed by atoms with Crippen molar-refractivity contribution in [2.45, 2.75) is 65.8 Å². The molecule has 0 radical (unpaired) electrons. The standard InChI is InChI=1S/C24H36O8/c1-23(2,3)13-17(25)14-29-19-8-7-9-20(12-19)30-15-18(26)16-31-21(27)10-11-22(28)32-24(4,5)6/h7-12,17-18,25-26H,13-16H2,1-6H3/b11-10+. The Morgan fingerprint density at radius 2 is 1.41 bits per heavy atom. The summed E-state index contributed by atoms with van der Waals surface area (Å²) in [5.74, 6) is -0.447. The molecule has 0 amide bonds. The second kappa shape index (κ2) is 12.5. The van der Waals surface area contributed by atoms with Gasteiger partial charge in [-0.1, -0.05) is 26.8 Å². The van der Waals surface area contributed by atoms with E-state index in [1.807, 2.05) is 20.8 Å². The molecule has 2 unspecified atom stereocenters. The fourth-order valence-corrected chi connectivity index (χ4v) is 2.55. The third kappa shape index (κ3) is 13.7.